The maximum absolute atomic E-state index is 13.3. The fourth-order valence-corrected chi connectivity index (χ4v) is 2.47. The molecular formula is C14H18FN3. The van der Waals surface area contributed by atoms with Gasteiger partial charge in [-0.25, -0.2) is 4.39 Å². The summed E-state index contributed by atoms with van der Waals surface area (Å²) in [6.45, 7) is 2.78. The van der Waals surface area contributed by atoms with Gasteiger partial charge >= 0.3 is 0 Å². The molecule has 1 aromatic carbocycles. The highest BCUT2D eigenvalue weighted by Gasteiger charge is 2.17. The summed E-state index contributed by atoms with van der Waals surface area (Å²) in [5.74, 6) is -0.331. The first-order chi connectivity index (χ1) is 8.69. The minimum atomic E-state index is -0.331. The van der Waals surface area contributed by atoms with Crippen LogP contribution in [0.1, 0.15) is 24.0 Å². The Kier molecular flexibility index (Phi) is 4.29. The number of rotatable bonds is 3. The highest BCUT2D eigenvalue weighted by atomic mass is 19.1. The van der Waals surface area contributed by atoms with Gasteiger partial charge in [0.1, 0.15) is 5.82 Å². The van der Waals surface area contributed by atoms with Gasteiger partial charge in [0.05, 0.1) is 11.6 Å². The van der Waals surface area contributed by atoms with Crippen molar-refractivity contribution < 1.29 is 4.39 Å². The van der Waals surface area contributed by atoms with Crippen LogP contribution in [0.4, 0.5) is 4.39 Å². The fourth-order valence-electron chi connectivity index (χ4n) is 2.47. The molecule has 1 heterocycles. The van der Waals surface area contributed by atoms with Crippen molar-refractivity contribution in [2.24, 2.45) is 0 Å². The third-order valence-electron chi connectivity index (χ3n) is 3.45. The van der Waals surface area contributed by atoms with Gasteiger partial charge in [-0.3, -0.25) is 4.90 Å². The van der Waals surface area contributed by atoms with Crippen LogP contribution in [-0.4, -0.2) is 31.1 Å². The van der Waals surface area contributed by atoms with Crippen molar-refractivity contribution in [2.75, 3.05) is 20.1 Å². The lowest BCUT2D eigenvalue weighted by Gasteiger charge is -2.31. The van der Waals surface area contributed by atoms with Gasteiger partial charge in [-0.1, -0.05) is 0 Å². The van der Waals surface area contributed by atoms with Crippen molar-refractivity contribution in [3.05, 3.63) is 35.1 Å². The molecule has 3 nitrogen and oxygen atoms in total. The van der Waals surface area contributed by atoms with Crippen molar-refractivity contribution >= 4 is 0 Å². The molecule has 0 radical (unpaired) electrons. The summed E-state index contributed by atoms with van der Waals surface area (Å²) in [6.07, 6.45) is 2.24. The van der Waals surface area contributed by atoms with E-state index < -0.39 is 0 Å². The number of piperidine rings is 1. The second-order valence-electron chi connectivity index (χ2n) is 4.86. The number of hydrogen-bond donors (Lipinski definition) is 1. The Bertz CT molecular complexity index is 447. The Balaban J connectivity index is 2.04. The molecule has 1 N–H and O–H groups in total. The summed E-state index contributed by atoms with van der Waals surface area (Å²) >= 11 is 0. The molecule has 2 rings (SSSR count). The third-order valence-corrected chi connectivity index (χ3v) is 3.45. The molecule has 96 valence electrons. The van der Waals surface area contributed by atoms with Gasteiger partial charge in [0.15, 0.2) is 0 Å². The van der Waals surface area contributed by atoms with Crippen molar-refractivity contribution in [2.45, 2.75) is 25.4 Å². The van der Waals surface area contributed by atoms with E-state index in [4.69, 9.17) is 5.26 Å². The van der Waals surface area contributed by atoms with Crippen LogP contribution in [0.15, 0.2) is 18.2 Å². The van der Waals surface area contributed by atoms with E-state index in [2.05, 4.69) is 17.3 Å². The summed E-state index contributed by atoms with van der Waals surface area (Å²) < 4.78 is 13.3. The molecule has 0 amide bonds. The number of nitrogens with one attached hydrogen (secondary N) is 1. The Hall–Kier alpha value is -1.44. The van der Waals surface area contributed by atoms with Crippen molar-refractivity contribution in [3.63, 3.8) is 0 Å². The van der Waals surface area contributed by atoms with Crippen LogP contribution in [0.5, 0.6) is 0 Å². The molecule has 4 heteroatoms. The SMILES string of the molecule is CN(Cc1cc(F)cc(C#N)c1)C1CCNCC1. The van der Waals surface area contributed by atoms with E-state index in [1.807, 2.05) is 6.07 Å². The molecule has 1 aliphatic rings. The van der Waals surface area contributed by atoms with Gasteiger partial charge < -0.3 is 5.32 Å². The van der Waals surface area contributed by atoms with E-state index >= 15 is 0 Å². The largest absolute Gasteiger partial charge is 0.317 e. The number of halogens is 1. The Labute approximate surface area is 107 Å². The monoisotopic (exact) mass is 247 g/mol. The van der Waals surface area contributed by atoms with Gasteiger partial charge in [-0.05, 0) is 56.7 Å². The number of hydrogen-bond acceptors (Lipinski definition) is 3. The summed E-state index contributed by atoms with van der Waals surface area (Å²) in [4.78, 5) is 2.25. The van der Waals surface area contributed by atoms with E-state index in [9.17, 15) is 4.39 Å². The van der Waals surface area contributed by atoms with Crippen LogP contribution in [0.2, 0.25) is 0 Å². The van der Waals surface area contributed by atoms with E-state index in [1.54, 1.807) is 6.07 Å². The molecule has 0 aliphatic carbocycles. The van der Waals surface area contributed by atoms with E-state index in [0.29, 0.717) is 18.2 Å². The van der Waals surface area contributed by atoms with Crippen LogP contribution >= 0.6 is 0 Å². The van der Waals surface area contributed by atoms with Gasteiger partial charge in [-0.15, -0.1) is 0 Å². The molecule has 18 heavy (non-hydrogen) atoms. The molecule has 0 saturated carbocycles. The standard InChI is InChI=1S/C14H18FN3/c1-18(14-2-4-17-5-3-14)10-12-6-11(9-16)7-13(15)8-12/h6-8,14,17H,2-5,10H2,1H3. The molecule has 0 unspecified atom stereocenters. The predicted molar refractivity (Wildman–Crippen MR) is 68.5 cm³/mol. The summed E-state index contributed by atoms with van der Waals surface area (Å²) in [5.41, 5.74) is 1.26. The topological polar surface area (TPSA) is 39.1 Å². The lowest BCUT2D eigenvalue weighted by molar-refractivity contribution is 0.191. The molecule has 1 aliphatic heterocycles. The quantitative estimate of drug-likeness (QED) is 0.886. The highest BCUT2D eigenvalue weighted by Crippen LogP contribution is 2.15. The predicted octanol–water partition coefficient (Wildman–Crippen LogP) is 1.88. The first kappa shape index (κ1) is 13.0. The van der Waals surface area contributed by atoms with E-state index in [0.717, 1.165) is 31.5 Å². The molecule has 1 aromatic rings. The molecule has 0 bridgehead atoms. The third kappa shape index (κ3) is 3.28. The van der Waals surface area contributed by atoms with Crippen LogP contribution in [0, 0.1) is 17.1 Å². The molecule has 1 fully saturated rings. The summed E-state index contributed by atoms with van der Waals surface area (Å²) in [5, 5.41) is 12.2. The van der Waals surface area contributed by atoms with Crippen molar-refractivity contribution in [1.29, 1.82) is 5.26 Å². The maximum Gasteiger partial charge on any atom is 0.124 e. The second kappa shape index (κ2) is 5.94. The number of benzene rings is 1. The zero-order valence-electron chi connectivity index (χ0n) is 10.6. The smallest absolute Gasteiger partial charge is 0.124 e. The Morgan fingerprint density at radius 1 is 1.39 bits per heavy atom. The average molecular weight is 247 g/mol. The van der Waals surface area contributed by atoms with Crippen LogP contribution in [0.25, 0.3) is 0 Å². The van der Waals surface area contributed by atoms with E-state index in [-0.39, 0.29) is 5.82 Å². The molecule has 0 aromatic heterocycles. The zero-order chi connectivity index (χ0) is 13.0. The number of nitriles is 1. The zero-order valence-corrected chi connectivity index (χ0v) is 10.6. The molecule has 0 atom stereocenters. The maximum atomic E-state index is 13.3. The minimum absolute atomic E-state index is 0.331. The second-order valence-corrected chi connectivity index (χ2v) is 4.86. The fraction of sp³-hybridized carbons (Fsp3) is 0.500. The lowest BCUT2D eigenvalue weighted by atomic mass is 10.0. The van der Waals surface area contributed by atoms with Gasteiger partial charge in [0.2, 0.25) is 0 Å². The highest BCUT2D eigenvalue weighted by molar-refractivity contribution is 5.33. The van der Waals surface area contributed by atoms with Gasteiger partial charge in [0.25, 0.3) is 0 Å². The first-order valence-corrected chi connectivity index (χ1v) is 6.29. The van der Waals surface area contributed by atoms with Gasteiger partial charge in [0, 0.05) is 12.6 Å². The Morgan fingerprint density at radius 2 is 2.11 bits per heavy atom. The lowest BCUT2D eigenvalue weighted by Crippen LogP contribution is -2.40. The molecule has 0 spiro atoms. The van der Waals surface area contributed by atoms with Crippen molar-refractivity contribution in [3.8, 4) is 6.07 Å². The normalized spacial score (nSPS) is 16.8. The molecular weight excluding hydrogens is 229 g/mol. The Morgan fingerprint density at radius 3 is 2.78 bits per heavy atom. The molecule has 1 saturated heterocycles. The van der Waals surface area contributed by atoms with Crippen molar-refractivity contribution in [1.82, 2.24) is 10.2 Å². The van der Waals surface area contributed by atoms with E-state index in [1.165, 1.54) is 12.1 Å². The van der Waals surface area contributed by atoms with Gasteiger partial charge in [-0.2, -0.15) is 5.26 Å². The minimum Gasteiger partial charge on any atom is -0.317 e. The first-order valence-electron chi connectivity index (χ1n) is 6.29. The number of nitrogens with zero attached hydrogens (tertiary/aromatic N) is 2. The summed E-state index contributed by atoms with van der Waals surface area (Å²) in [6, 6.07) is 7.08. The van der Waals surface area contributed by atoms with Crippen LogP contribution in [-0.2, 0) is 6.54 Å². The van der Waals surface area contributed by atoms with Crippen LogP contribution in [0.3, 0.4) is 0 Å². The summed E-state index contributed by atoms with van der Waals surface area (Å²) in [7, 11) is 2.06. The average Bonchev–Trinajstić information content (AvgIpc) is 2.39. The van der Waals surface area contributed by atoms with Crippen LogP contribution < -0.4 is 5.32 Å².